The molecule has 0 fully saturated rings. The lowest BCUT2D eigenvalue weighted by atomic mass is 10.1. The summed E-state index contributed by atoms with van der Waals surface area (Å²) in [6, 6.07) is 3.60. The van der Waals surface area contributed by atoms with E-state index in [4.69, 9.17) is 19.3 Å². The van der Waals surface area contributed by atoms with E-state index in [1.54, 1.807) is 32.6 Å². The van der Waals surface area contributed by atoms with Crippen LogP contribution in [0.5, 0.6) is 17.2 Å². The number of nitrogens with zero attached hydrogens (tertiary/aromatic N) is 1. The summed E-state index contributed by atoms with van der Waals surface area (Å²) in [4.78, 5) is 14.1. The fourth-order valence-corrected chi connectivity index (χ4v) is 1.57. The van der Waals surface area contributed by atoms with Crippen molar-refractivity contribution in [2.45, 2.75) is 6.42 Å². The number of carbonyl (C=O) groups is 1. The first-order valence-corrected chi connectivity index (χ1v) is 5.61. The molecule has 0 aliphatic heterocycles. The number of carboxylic acids is 1. The monoisotopic (exact) mass is 267 g/mol. The van der Waals surface area contributed by atoms with Crippen molar-refractivity contribution in [3.05, 3.63) is 17.7 Å². The first-order chi connectivity index (χ1) is 9.12. The summed E-state index contributed by atoms with van der Waals surface area (Å²) in [5, 5.41) is 8.47. The third-order valence-electron chi connectivity index (χ3n) is 2.41. The molecule has 0 atom stereocenters. The van der Waals surface area contributed by atoms with Gasteiger partial charge in [0.15, 0.2) is 11.5 Å². The number of hydrogen-bond acceptors (Lipinski definition) is 5. The minimum absolute atomic E-state index is 0.232. The molecule has 0 amide bonds. The first-order valence-electron chi connectivity index (χ1n) is 5.61. The fourth-order valence-electron chi connectivity index (χ4n) is 1.57. The lowest BCUT2D eigenvalue weighted by molar-refractivity contribution is -0.135. The predicted molar refractivity (Wildman–Crippen MR) is 70.8 cm³/mol. The van der Waals surface area contributed by atoms with Crippen LogP contribution < -0.4 is 14.2 Å². The standard InChI is InChI=1S/C13H17NO5/c1-17-10-6-9(4-5-14-8-12(15)16)7-11(18-2)13(10)19-3/h5-7H,4,8H2,1-3H3,(H,15,16)/b14-5+. The van der Waals surface area contributed by atoms with Crippen molar-refractivity contribution >= 4 is 12.2 Å². The van der Waals surface area contributed by atoms with E-state index in [1.807, 2.05) is 0 Å². The number of aliphatic carboxylic acids is 1. The topological polar surface area (TPSA) is 77.4 Å². The van der Waals surface area contributed by atoms with Gasteiger partial charge in [-0.1, -0.05) is 0 Å². The molecule has 0 aromatic heterocycles. The Morgan fingerprint density at radius 1 is 1.21 bits per heavy atom. The Morgan fingerprint density at radius 2 is 1.79 bits per heavy atom. The van der Waals surface area contributed by atoms with Gasteiger partial charge in [-0.3, -0.25) is 9.79 Å². The minimum Gasteiger partial charge on any atom is -0.493 e. The second-order valence-corrected chi connectivity index (χ2v) is 3.65. The SMILES string of the molecule is COc1cc(C/C=N/CC(=O)O)cc(OC)c1OC. The second kappa shape index (κ2) is 7.25. The van der Waals surface area contributed by atoms with Crippen LogP contribution in [0.25, 0.3) is 0 Å². The van der Waals surface area contributed by atoms with E-state index in [0.29, 0.717) is 23.7 Å². The molecular weight excluding hydrogens is 250 g/mol. The van der Waals surface area contributed by atoms with Crippen molar-refractivity contribution < 1.29 is 24.1 Å². The maximum absolute atomic E-state index is 10.3. The van der Waals surface area contributed by atoms with Crippen molar-refractivity contribution in [3.63, 3.8) is 0 Å². The Kier molecular flexibility index (Phi) is 5.66. The van der Waals surface area contributed by atoms with Crippen LogP contribution in [0.1, 0.15) is 5.56 Å². The van der Waals surface area contributed by atoms with Gasteiger partial charge in [-0.25, -0.2) is 0 Å². The first kappa shape index (κ1) is 14.8. The average Bonchev–Trinajstić information content (AvgIpc) is 2.42. The molecule has 0 heterocycles. The smallest absolute Gasteiger partial charge is 0.325 e. The Balaban J connectivity index is 2.90. The number of carboxylic acid groups (broad SMARTS) is 1. The molecule has 0 saturated carbocycles. The van der Waals surface area contributed by atoms with Gasteiger partial charge in [0.2, 0.25) is 5.75 Å². The Labute approximate surface area is 111 Å². The highest BCUT2D eigenvalue weighted by Gasteiger charge is 2.12. The van der Waals surface area contributed by atoms with E-state index in [-0.39, 0.29) is 6.54 Å². The summed E-state index contributed by atoms with van der Waals surface area (Å²) in [6.07, 6.45) is 2.04. The molecule has 1 N–H and O–H groups in total. The second-order valence-electron chi connectivity index (χ2n) is 3.65. The van der Waals surface area contributed by atoms with Crippen LogP contribution in [0.4, 0.5) is 0 Å². The van der Waals surface area contributed by atoms with Gasteiger partial charge in [0, 0.05) is 12.6 Å². The van der Waals surface area contributed by atoms with Crippen LogP contribution in [0.2, 0.25) is 0 Å². The highest BCUT2D eigenvalue weighted by molar-refractivity contribution is 5.72. The van der Waals surface area contributed by atoms with Gasteiger partial charge in [-0.05, 0) is 17.7 Å². The van der Waals surface area contributed by atoms with Gasteiger partial charge in [0.1, 0.15) is 6.54 Å². The lowest BCUT2D eigenvalue weighted by Crippen LogP contribution is -2.00. The molecule has 0 unspecified atom stereocenters. The number of rotatable bonds is 7. The summed E-state index contributed by atoms with van der Waals surface area (Å²) >= 11 is 0. The quantitative estimate of drug-likeness (QED) is 0.756. The number of benzene rings is 1. The molecule has 0 aliphatic rings. The minimum atomic E-state index is -0.957. The molecule has 0 spiro atoms. The summed E-state index contributed by atoms with van der Waals surface area (Å²) in [7, 11) is 4.62. The van der Waals surface area contributed by atoms with Gasteiger partial charge in [-0.15, -0.1) is 0 Å². The third kappa shape index (κ3) is 4.17. The molecule has 1 aromatic carbocycles. The lowest BCUT2D eigenvalue weighted by Gasteiger charge is -2.13. The van der Waals surface area contributed by atoms with Crippen LogP contribution in [-0.2, 0) is 11.2 Å². The predicted octanol–water partition coefficient (Wildman–Crippen LogP) is 1.41. The zero-order valence-corrected chi connectivity index (χ0v) is 11.2. The fraction of sp³-hybridized carbons (Fsp3) is 0.385. The Hall–Kier alpha value is -2.24. The maximum Gasteiger partial charge on any atom is 0.325 e. The van der Waals surface area contributed by atoms with Crippen LogP contribution in [0.3, 0.4) is 0 Å². The van der Waals surface area contributed by atoms with Gasteiger partial charge in [-0.2, -0.15) is 0 Å². The van der Waals surface area contributed by atoms with Crippen LogP contribution >= 0.6 is 0 Å². The molecular formula is C13H17NO5. The molecule has 1 rings (SSSR count). The van der Waals surface area contributed by atoms with E-state index in [0.717, 1.165) is 5.56 Å². The van der Waals surface area contributed by atoms with Crippen LogP contribution in [-0.4, -0.2) is 45.2 Å². The average molecular weight is 267 g/mol. The van der Waals surface area contributed by atoms with E-state index >= 15 is 0 Å². The summed E-state index contributed by atoms with van der Waals surface area (Å²) in [5.74, 6) is 0.685. The van der Waals surface area contributed by atoms with E-state index < -0.39 is 5.97 Å². The molecule has 104 valence electrons. The zero-order chi connectivity index (χ0) is 14.3. The van der Waals surface area contributed by atoms with Crippen molar-refractivity contribution in [3.8, 4) is 17.2 Å². The number of hydrogen-bond donors (Lipinski definition) is 1. The van der Waals surface area contributed by atoms with Gasteiger partial charge < -0.3 is 19.3 Å². The number of methoxy groups -OCH3 is 3. The third-order valence-corrected chi connectivity index (χ3v) is 2.41. The van der Waals surface area contributed by atoms with Crippen molar-refractivity contribution in [2.75, 3.05) is 27.9 Å². The summed E-state index contributed by atoms with van der Waals surface area (Å²) in [6.45, 7) is -0.232. The Morgan fingerprint density at radius 3 is 2.21 bits per heavy atom. The van der Waals surface area contributed by atoms with E-state index in [2.05, 4.69) is 4.99 Å². The molecule has 0 saturated heterocycles. The van der Waals surface area contributed by atoms with Crippen LogP contribution in [0, 0.1) is 0 Å². The largest absolute Gasteiger partial charge is 0.493 e. The molecule has 6 nitrogen and oxygen atoms in total. The van der Waals surface area contributed by atoms with E-state index in [9.17, 15) is 4.79 Å². The van der Waals surface area contributed by atoms with Crippen molar-refractivity contribution in [2.24, 2.45) is 4.99 Å². The summed E-state index contributed by atoms with van der Waals surface area (Å²) < 4.78 is 15.6. The van der Waals surface area contributed by atoms with Crippen molar-refractivity contribution in [1.82, 2.24) is 0 Å². The van der Waals surface area contributed by atoms with Crippen LogP contribution in [0.15, 0.2) is 17.1 Å². The Bertz CT molecular complexity index is 445. The highest BCUT2D eigenvalue weighted by atomic mass is 16.5. The maximum atomic E-state index is 10.3. The molecule has 0 radical (unpaired) electrons. The number of ether oxygens (including phenoxy) is 3. The molecule has 1 aromatic rings. The van der Waals surface area contributed by atoms with E-state index in [1.165, 1.54) is 7.11 Å². The highest BCUT2D eigenvalue weighted by Crippen LogP contribution is 2.38. The molecule has 19 heavy (non-hydrogen) atoms. The van der Waals surface area contributed by atoms with Crippen molar-refractivity contribution in [1.29, 1.82) is 0 Å². The van der Waals surface area contributed by atoms with Gasteiger partial charge in [0.25, 0.3) is 0 Å². The molecule has 0 bridgehead atoms. The van der Waals surface area contributed by atoms with Gasteiger partial charge >= 0.3 is 5.97 Å². The number of aliphatic imine (C=N–C) groups is 1. The molecule has 0 aliphatic carbocycles. The normalized spacial score (nSPS) is 10.5. The van der Waals surface area contributed by atoms with Gasteiger partial charge in [0.05, 0.1) is 21.3 Å². The zero-order valence-electron chi connectivity index (χ0n) is 11.2. The summed E-state index contributed by atoms with van der Waals surface area (Å²) in [5.41, 5.74) is 0.892. The molecule has 6 heteroatoms.